The first-order valence-electron chi connectivity index (χ1n) is 7.26. The molecule has 1 aromatic heterocycles. The molecule has 1 N–H and O–H groups in total. The highest BCUT2D eigenvalue weighted by molar-refractivity contribution is 5.16. The van der Waals surface area contributed by atoms with E-state index in [0.717, 1.165) is 24.8 Å². The van der Waals surface area contributed by atoms with Crippen LogP contribution in [-0.2, 0) is 13.1 Å². The average Bonchev–Trinajstić information content (AvgIpc) is 2.79. The molecule has 1 saturated heterocycles. The molecular formula is C15H27N3O. The van der Waals surface area contributed by atoms with Crippen LogP contribution in [0.25, 0.3) is 0 Å². The molecule has 1 aliphatic rings. The highest BCUT2D eigenvalue weighted by Gasteiger charge is 2.20. The third-order valence-corrected chi connectivity index (χ3v) is 3.90. The summed E-state index contributed by atoms with van der Waals surface area (Å²) in [5.74, 6) is 1.95. The lowest BCUT2D eigenvalue weighted by Gasteiger charge is -2.33. The SMILES string of the molecule is CNCc1occc1CN1CCC(CN(C)C)CC1. The van der Waals surface area contributed by atoms with Gasteiger partial charge >= 0.3 is 0 Å². The van der Waals surface area contributed by atoms with Crippen molar-refractivity contribution in [2.24, 2.45) is 5.92 Å². The van der Waals surface area contributed by atoms with Crippen LogP contribution in [0.1, 0.15) is 24.2 Å². The fourth-order valence-corrected chi connectivity index (χ4v) is 2.91. The summed E-state index contributed by atoms with van der Waals surface area (Å²) in [6, 6.07) is 2.11. The molecule has 19 heavy (non-hydrogen) atoms. The number of hydrogen-bond acceptors (Lipinski definition) is 4. The molecule has 0 unspecified atom stereocenters. The van der Waals surface area contributed by atoms with Gasteiger partial charge in [0.2, 0.25) is 0 Å². The second-order valence-electron chi connectivity index (χ2n) is 5.88. The summed E-state index contributed by atoms with van der Waals surface area (Å²) in [6.07, 6.45) is 4.44. The topological polar surface area (TPSA) is 31.7 Å². The monoisotopic (exact) mass is 265 g/mol. The van der Waals surface area contributed by atoms with Gasteiger partial charge in [0, 0.05) is 18.7 Å². The van der Waals surface area contributed by atoms with Gasteiger partial charge in [0.1, 0.15) is 5.76 Å². The molecule has 4 heteroatoms. The lowest BCUT2D eigenvalue weighted by molar-refractivity contribution is 0.156. The van der Waals surface area contributed by atoms with Crippen molar-refractivity contribution in [3.63, 3.8) is 0 Å². The van der Waals surface area contributed by atoms with E-state index in [2.05, 4.69) is 35.3 Å². The molecule has 2 heterocycles. The van der Waals surface area contributed by atoms with E-state index < -0.39 is 0 Å². The fraction of sp³-hybridized carbons (Fsp3) is 0.733. The van der Waals surface area contributed by atoms with Crippen molar-refractivity contribution < 1.29 is 4.42 Å². The highest BCUT2D eigenvalue weighted by Crippen LogP contribution is 2.21. The Morgan fingerprint density at radius 1 is 1.37 bits per heavy atom. The van der Waals surface area contributed by atoms with E-state index in [1.807, 2.05) is 7.05 Å². The van der Waals surface area contributed by atoms with Crippen molar-refractivity contribution in [1.29, 1.82) is 0 Å². The first-order valence-corrected chi connectivity index (χ1v) is 7.26. The van der Waals surface area contributed by atoms with E-state index in [-0.39, 0.29) is 0 Å². The van der Waals surface area contributed by atoms with Crippen molar-refractivity contribution in [2.75, 3.05) is 40.8 Å². The predicted octanol–water partition coefficient (Wildman–Crippen LogP) is 1.77. The Hall–Kier alpha value is -0.840. The highest BCUT2D eigenvalue weighted by atomic mass is 16.3. The van der Waals surface area contributed by atoms with E-state index >= 15 is 0 Å². The van der Waals surface area contributed by atoms with Gasteiger partial charge in [0.25, 0.3) is 0 Å². The normalized spacial score (nSPS) is 18.3. The Balaban J connectivity index is 1.80. The molecule has 0 atom stereocenters. The molecule has 1 aromatic rings. The average molecular weight is 265 g/mol. The van der Waals surface area contributed by atoms with Gasteiger partial charge < -0.3 is 14.6 Å². The Labute approximate surface area is 116 Å². The summed E-state index contributed by atoms with van der Waals surface area (Å²) in [4.78, 5) is 4.86. The van der Waals surface area contributed by atoms with Gasteiger partial charge in [-0.1, -0.05) is 0 Å². The van der Waals surface area contributed by atoms with Crippen molar-refractivity contribution in [1.82, 2.24) is 15.1 Å². The van der Waals surface area contributed by atoms with Crippen LogP contribution in [0.3, 0.4) is 0 Å². The van der Waals surface area contributed by atoms with Crippen molar-refractivity contribution >= 4 is 0 Å². The first kappa shape index (κ1) is 14.6. The number of nitrogens with one attached hydrogen (secondary N) is 1. The Morgan fingerprint density at radius 2 is 2.11 bits per heavy atom. The molecular weight excluding hydrogens is 238 g/mol. The summed E-state index contributed by atoms with van der Waals surface area (Å²) in [5, 5.41) is 3.16. The molecule has 108 valence electrons. The quantitative estimate of drug-likeness (QED) is 0.849. The molecule has 1 fully saturated rings. The number of rotatable bonds is 6. The molecule has 0 radical (unpaired) electrons. The lowest BCUT2D eigenvalue weighted by atomic mass is 9.96. The lowest BCUT2D eigenvalue weighted by Crippen LogP contribution is -2.36. The summed E-state index contributed by atoms with van der Waals surface area (Å²) < 4.78 is 5.52. The van der Waals surface area contributed by atoms with E-state index in [4.69, 9.17) is 4.42 Å². The maximum Gasteiger partial charge on any atom is 0.122 e. The molecule has 0 aromatic carbocycles. The van der Waals surface area contributed by atoms with Crippen molar-refractivity contribution in [3.8, 4) is 0 Å². The zero-order valence-electron chi connectivity index (χ0n) is 12.5. The second kappa shape index (κ2) is 7.08. The van der Waals surface area contributed by atoms with E-state index in [1.165, 1.54) is 38.0 Å². The number of hydrogen-bond donors (Lipinski definition) is 1. The Kier molecular flexibility index (Phi) is 5.43. The second-order valence-corrected chi connectivity index (χ2v) is 5.88. The molecule has 0 amide bonds. The zero-order chi connectivity index (χ0) is 13.7. The van der Waals surface area contributed by atoms with Gasteiger partial charge in [-0.3, -0.25) is 4.90 Å². The summed E-state index contributed by atoms with van der Waals surface area (Å²) in [5.41, 5.74) is 1.33. The first-order chi connectivity index (χ1) is 9.19. The van der Waals surface area contributed by atoms with Crippen LogP contribution in [0.15, 0.2) is 16.7 Å². The largest absolute Gasteiger partial charge is 0.468 e. The van der Waals surface area contributed by atoms with Gasteiger partial charge in [0.05, 0.1) is 12.8 Å². The standard InChI is InChI=1S/C15H27N3O/c1-16-10-15-14(6-9-19-15)12-18-7-4-13(5-8-18)11-17(2)3/h6,9,13,16H,4-5,7-8,10-12H2,1-3H3. The zero-order valence-corrected chi connectivity index (χ0v) is 12.5. The van der Waals surface area contributed by atoms with E-state index in [1.54, 1.807) is 6.26 Å². The molecule has 2 rings (SSSR count). The smallest absolute Gasteiger partial charge is 0.122 e. The van der Waals surface area contributed by atoms with Crippen molar-refractivity contribution in [3.05, 3.63) is 23.7 Å². The number of likely N-dealkylation sites (tertiary alicyclic amines) is 1. The Morgan fingerprint density at radius 3 is 2.74 bits per heavy atom. The third kappa shape index (κ3) is 4.34. The molecule has 0 aliphatic carbocycles. The van der Waals surface area contributed by atoms with Gasteiger partial charge in [0.15, 0.2) is 0 Å². The third-order valence-electron chi connectivity index (χ3n) is 3.90. The predicted molar refractivity (Wildman–Crippen MR) is 78.0 cm³/mol. The van der Waals surface area contributed by atoms with Crippen LogP contribution in [-0.4, -0.2) is 50.6 Å². The van der Waals surface area contributed by atoms with Gasteiger partial charge in [-0.25, -0.2) is 0 Å². The maximum absolute atomic E-state index is 5.52. The minimum absolute atomic E-state index is 0.819. The van der Waals surface area contributed by atoms with Gasteiger partial charge in [-0.05, 0) is 59.1 Å². The molecule has 1 aliphatic heterocycles. The number of nitrogens with zero attached hydrogens (tertiary/aromatic N) is 2. The van der Waals surface area contributed by atoms with Crippen LogP contribution < -0.4 is 5.32 Å². The molecule has 0 bridgehead atoms. The molecule has 0 saturated carbocycles. The molecule has 4 nitrogen and oxygen atoms in total. The number of piperidine rings is 1. The summed E-state index contributed by atoms with van der Waals surface area (Å²) >= 11 is 0. The van der Waals surface area contributed by atoms with Crippen LogP contribution in [0.4, 0.5) is 0 Å². The molecule has 0 spiro atoms. The van der Waals surface area contributed by atoms with Gasteiger partial charge in [-0.15, -0.1) is 0 Å². The summed E-state index contributed by atoms with van der Waals surface area (Å²) in [6.45, 7) is 5.50. The minimum Gasteiger partial charge on any atom is -0.468 e. The van der Waals surface area contributed by atoms with Crippen molar-refractivity contribution in [2.45, 2.75) is 25.9 Å². The summed E-state index contributed by atoms with van der Waals surface area (Å²) in [7, 11) is 6.29. The van der Waals surface area contributed by atoms with E-state index in [0.29, 0.717) is 0 Å². The van der Waals surface area contributed by atoms with Crippen LogP contribution in [0, 0.1) is 5.92 Å². The minimum atomic E-state index is 0.819. The van der Waals surface area contributed by atoms with Gasteiger partial charge in [-0.2, -0.15) is 0 Å². The Bertz CT molecular complexity index is 367. The maximum atomic E-state index is 5.52. The van der Waals surface area contributed by atoms with E-state index in [9.17, 15) is 0 Å². The number of furan rings is 1. The fourth-order valence-electron chi connectivity index (χ4n) is 2.91. The van der Waals surface area contributed by atoms with Crippen LogP contribution in [0.5, 0.6) is 0 Å². The van der Waals surface area contributed by atoms with Crippen LogP contribution in [0.2, 0.25) is 0 Å². The van der Waals surface area contributed by atoms with Crippen LogP contribution >= 0.6 is 0 Å².